The highest BCUT2D eigenvalue weighted by Crippen LogP contribution is 2.36. The van der Waals surface area contributed by atoms with Crippen LogP contribution >= 0.6 is 0 Å². The van der Waals surface area contributed by atoms with Gasteiger partial charge in [0.1, 0.15) is 0 Å². The number of esters is 1. The summed E-state index contributed by atoms with van der Waals surface area (Å²) in [6, 6.07) is 17.1. The third-order valence-electron chi connectivity index (χ3n) is 7.04. The number of aryl methyl sites for hydroxylation is 1. The topological polar surface area (TPSA) is 59.5 Å². The van der Waals surface area contributed by atoms with Crippen LogP contribution in [0.2, 0.25) is 0 Å². The Morgan fingerprint density at radius 1 is 1.03 bits per heavy atom. The number of benzene rings is 2. The summed E-state index contributed by atoms with van der Waals surface area (Å²) < 4.78 is 5.11. The predicted molar refractivity (Wildman–Crippen MR) is 136 cm³/mol. The lowest BCUT2D eigenvalue weighted by atomic mass is 9.96. The quantitative estimate of drug-likeness (QED) is 0.433. The number of fused-ring (bicyclic) bond motifs is 1. The van der Waals surface area contributed by atoms with Gasteiger partial charge in [-0.15, -0.1) is 0 Å². The normalized spacial score (nSPS) is 15.0. The standard InChI is InChI=1S/C30H32N2O3/c1-3-35-29(33)14-21-13-25(18-31-17-21)28-11-8-20(2)12-26(28)19-32(30(34)22-9-10-22)27-15-23-6-4-5-7-24(23)16-27/h4-8,11-13,17-18,22,27H,3,9-10,14-16,19H2,1-2H3. The van der Waals surface area contributed by atoms with Crippen LogP contribution in [0.1, 0.15) is 47.6 Å². The number of hydrogen-bond donors (Lipinski definition) is 0. The third kappa shape index (κ3) is 5.29. The van der Waals surface area contributed by atoms with Crippen molar-refractivity contribution in [3.63, 3.8) is 0 Å². The molecule has 1 amide bonds. The Morgan fingerprint density at radius 2 is 1.77 bits per heavy atom. The number of aromatic nitrogens is 1. The third-order valence-corrected chi connectivity index (χ3v) is 7.04. The number of carbonyl (C=O) groups is 2. The summed E-state index contributed by atoms with van der Waals surface area (Å²) in [6.45, 7) is 4.83. The summed E-state index contributed by atoms with van der Waals surface area (Å²) in [4.78, 5) is 32.0. The van der Waals surface area contributed by atoms with Gasteiger partial charge in [0, 0.05) is 36.5 Å². The number of carbonyl (C=O) groups excluding carboxylic acids is 2. The first kappa shape index (κ1) is 23.3. The molecule has 0 atom stereocenters. The van der Waals surface area contributed by atoms with Gasteiger partial charge in [-0.3, -0.25) is 14.6 Å². The van der Waals surface area contributed by atoms with E-state index in [0.717, 1.165) is 53.5 Å². The SMILES string of the molecule is CCOC(=O)Cc1cncc(-c2ccc(C)cc2CN(C(=O)C2CC2)C2Cc3ccccc3C2)c1. The van der Waals surface area contributed by atoms with E-state index in [1.807, 2.05) is 19.2 Å². The fourth-order valence-electron chi connectivity index (χ4n) is 5.14. The number of nitrogens with zero attached hydrogens (tertiary/aromatic N) is 2. The molecule has 0 saturated heterocycles. The molecule has 0 N–H and O–H groups in total. The van der Waals surface area contributed by atoms with Crippen molar-refractivity contribution in [2.24, 2.45) is 5.92 Å². The van der Waals surface area contributed by atoms with E-state index in [4.69, 9.17) is 4.74 Å². The number of hydrogen-bond acceptors (Lipinski definition) is 4. The number of pyridine rings is 1. The van der Waals surface area contributed by atoms with Crippen molar-refractivity contribution in [2.75, 3.05) is 6.61 Å². The Kier molecular flexibility index (Phi) is 6.67. The largest absolute Gasteiger partial charge is 0.466 e. The molecule has 1 saturated carbocycles. The number of rotatable bonds is 8. The van der Waals surface area contributed by atoms with Gasteiger partial charge in [0.15, 0.2) is 0 Å². The minimum Gasteiger partial charge on any atom is -0.466 e. The van der Waals surface area contributed by atoms with Crippen molar-refractivity contribution in [3.05, 3.63) is 88.7 Å². The molecule has 2 aliphatic carbocycles. The van der Waals surface area contributed by atoms with E-state index < -0.39 is 0 Å². The number of amides is 1. The van der Waals surface area contributed by atoms with Crippen LogP contribution in [0.25, 0.3) is 11.1 Å². The lowest BCUT2D eigenvalue weighted by Crippen LogP contribution is -2.41. The maximum atomic E-state index is 13.5. The summed E-state index contributed by atoms with van der Waals surface area (Å²) in [5, 5.41) is 0. The Hall–Kier alpha value is -3.47. The molecule has 1 aromatic heterocycles. The highest BCUT2D eigenvalue weighted by molar-refractivity contribution is 5.82. The molecule has 2 aromatic carbocycles. The maximum absolute atomic E-state index is 13.5. The average molecular weight is 469 g/mol. The van der Waals surface area contributed by atoms with E-state index in [9.17, 15) is 9.59 Å². The Balaban J connectivity index is 1.45. The molecule has 5 heteroatoms. The zero-order valence-corrected chi connectivity index (χ0v) is 20.5. The fourth-order valence-corrected chi connectivity index (χ4v) is 5.14. The van der Waals surface area contributed by atoms with Gasteiger partial charge in [-0.25, -0.2) is 0 Å². The van der Waals surface area contributed by atoms with Crippen molar-refractivity contribution >= 4 is 11.9 Å². The van der Waals surface area contributed by atoms with Gasteiger partial charge in [0.05, 0.1) is 13.0 Å². The zero-order valence-electron chi connectivity index (χ0n) is 20.5. The van der Waals surface area contributed by atoms with E-state index >= 15 is 0 Å². The zero-order chi connectivity index (χ0) is 24.4. The summed E-state index contributed by atoms with van der Waals surface area (Å²) in [7, 11) is 0. The highest BCUT2D eigenvalue weighted by atomic mass is 16.5. The molecule has 0 spiro atoms. The average Bonchev–Trinajstić information content (AvgIpc) is 3.61. The maximum Gasteiger partial charge on any atom is 0.310 e. The molecule has 3 aromatic rings. The van der Waals surface area contributed by atoms with Crippen LogP contribution in [0.4, 0.5) is 0 Å². The summed E-state index contributed by atoms with van der Waals surface area (Å²) in [5.74, 6) is 0.198. The van der Waals surface area contributed by atoms with Crippen molar-refractivity contribution in [3.8, 4) is 11.1 Å². The van der Waals surface area contributed by atoms with E-state index in [1.165, 1.54) is 11.1 Å². The molecule has 0 aliphatic heterocycles. The molecule has 1 fully saturated rings. The lowest BCUT2D eigenvalue weighted by Gasteiger charge is -2.30. The molecule has 0 unspecified atom stereocenters. The van der Waals surface area contributed by atoms with Crippen LogP contribution in [0.15, 0.2) is 60.9 Å². The van der Waals surface area contributed by atoms with Crippen molar-refractivity contribution in [2.45, 2.75) is 58.5 Å². The van der Waals surface area contributed by atoms with Crippen LogP contribution in [-0.2, 0) is 40.1 Å². The van der Waals surface area contributed by atoms with E-state index in [2.05, 4.69) is 59.3 Å². The van der Waals surface area contributed by atoms with Crippen LogP contribution in [0.3, 0.4) is 0 Å². The smallest absolute Gasteiger partial charge is 0.310 e. The van der Waals surface area contributed by atoms with Gasteiger partial charge in [-0.1, -0.05) is 48.0 Å². The molecule has 0 bridgehead atoms. The second-order valence-corrected chi connectivity index (χ2v) is 9.80. The van der Waals surface area contributed by atoms with Gasteiger partial charge < -0.3 is 9.64 Å². The van der Waals surface area contributed by atoms with Crippen molar-refractivity contribution < 1.29 is 14.3 Å². The molecule has 180 valence electrons. The Bertz CT molecular complexity index is 1220. The van der Waals surface area contributed by atoms with E-state index in [-0.39, 0.29) is 30.3 Å². The number of ether oxygens (including phenoxy) is 1. The first-order valence-electron chi connectivity index (χ1n) is 12.6. The second kappa shape index (κ2) is 10.0. The van der Waals surface area contributed by atoms with Gasteiger partial charge in [0.2, 0.25) is 5.91 Å². The fraction of sp³-hybridized carbons (Fsp3) is 0.367. The minimum atomic E-state index is -0.252. The van der Waals surface area contributed by atoms with Gasteiger partial charge in [-0.2, -0.15) is 0 Å². The van der Waals surface area contributed by atoms with Crippen molar-refractivity contribution in [1.82, 2.24) is 9.88 Å². The molecule has 5 rings (SSSR count). The molecular formula is C30H32N2O3. The monoisotopic (exact) mass is 468 g/mol. The minimum absolute atomic E-state index is 0.168. The van der Waals surface area contributed by atoms with Crippen LogP contribution in [0, 0.1) is 12.8 Å². The highest BCUT2D eigenvalue weighted by Gasteiger charge is 2.38. The molecular weight excluding hydrogens is 436 g/mol. The Morgan fingerprint density at radius 3 is 2.46 bits per heavy atom. The first-order valence-corrected chi connectivity index (χ1v) is 12.6. The Labute approximate surface area is 207 Å². The van der Waals surface area contributed by atoms with Crippen LogP contribution in [-0.4, -0.2) is 34.4 Å². The van der Waals surface area contributed by atoms with Gasteiger partial charge >= 0.3 is 5.97 Å². The van der Waals surface area contributed by atoms with E-state index in [1.54, 1.807) is 6.20 Å². The van der Waals surface area contributed by atoms with Gasteiger partial charge in [0.25, 0.3) is 0 Å². The summed E-state index contributed by atoms with van der Waals surface area (Å²) in [6.07, 6.45) is 7.56. The van der Waals surface area contributed by atoms with Crippen molar-refractivity contribution in [1.29, 1.82) is 0 Å². The molecule has 2 aliphatic rings. The van der Waals surface area contributed by atoms with Gasteiger partial charge in [-0.05, 0) is 73.4 Å². The second-order valence-electron chi connectivity index (χ2n) is 9.80. The molecule has 35 heavy (non-hydrogen) atoms. The summed E-state index contributed by atoms with van der Waals surface area (Å²) in [5.41, 5.74) is 7.81. The summed E-state index contributed by atoms with van der Waals surface area (Å²) >= 11 is 0. The lowest BCUT2D eigenvalue weighted by molar-refractivity contribution is -0.142. The first-order chi connectivity index (χ1) is 17.0. The van der Waals surface area contributed by atoms with Crippen LogP contribution < -0.4 is 0 Å². The molecule has 1 heterocycles. The molecule has 5 nitrogen and oxygen atoms in total. The van der Waals surface area contributed by atoms with Crippen LogP contribution in [0.5, 0.6) is 0 Å². The predicted octanol–water partition coefficient (Wildman–Crippen LogP) is 5.07. The van der Waals surface area contributed by atoms with E-state index in [0.29, 0.717) is 13.2 Å². The molecule has 0 radical (unpaired) electrons.